The molecule has 3 amide bonds. The number of carbonyl (C=O) groups excluding carboxylic acids is 2. The van der Waals surface area contributed by atoms with Crippen molar-refractivity contribution in [3.8, 4) is 11.5 Å². The van der Waals surface area contributed by atoms with Crippen molar-refractivity contribution in [2.24, 2.45) is 0 Å². The molecule has 3 aliphatic rings. The lowest BCUT2D eigenvalue weighted by molar-refractivity contribution is -0.137. The van der Waals surface area contributed by atoms with E-state index in [0.717, 1.165) is 12.3 Å². The number of nitrogens with one attached hydrogen (secondary N) is 1. The third kappa shape index (κ3) is 3.87. The number of ether oxygens (including phenoxy) is 2. The van der Waals surface area contributed by atoms with Gasteiger partial charge in [-0.3, -0.25) is 9.69 Å². The topological polar surface area (TPSA) is 87.2 Å². The number of amides is 3. The number of imide groups is 1. The number of pyridine rings is 1. The fourth-order valence-electron chi connectivity index (χ4n) is 4.29. The van der Waals surface area contributed by atoms with E-state index < -0.39 is 23.3 Å². The third-order valence-electron chi connectivity index (χ3n) is 6.34. The van der Waals surface area contributed by atoms with Crippen LogP contribution in [0.25, 0.3) is 0 Å². The number of piperazine rings is 1. The molecule has 3 aliphatic heterocycles. The van der Waals surface area contributed by atoms with Gasteiger partial charge in [0.1, 0.15) is 11.4 Å². The van der Waals surface area contributed by atoms with E-state index in [9.17, 15) is 22.8 Å². The summed E-state index contributed by atoms with van der Waals surface area (Å²) in [6, 6.07) is 7.01. The summed E-state index contributed by atoms with van der Waals surface area (Å²) in [5.41, 5.74) is -1.43. The van der Waals surface area contributed by atoms with Gasteiger partial charge in [0.15, 0.2) is 11.5 Å². The molecule has 0 aliphatic carbocycles. The number of fused-ring (bicyclic) bond motifs is 1. The monoisotopic (exact) mass is 477 g/mol. The van der Waals surface area contributed by atoms with E-state index in [1.807, 2.05) is 9.80 Å². The zero-order valence-electron chi connectivity index (χ0n) is 18.3. The molecule has 0 radical (unpaired) electrons. The second-order valence-electron chi connectivity index (χ2n) is 8.51. The third-order valence-corrected chi connectivity index (χ3v) is 6.34. The molecule has 1 atom stereocenters. The number of alkyl halides is 3. The number of halogens is 3. The quantitative estimate of drug-likeness (QED) is 0.677. The lowest BCUT2D eigenvalue weighted by Gasteiger charge is -2.36. The lowest BCUT2D eigenvalue weighted by atomic mass is 9.92. The van der Waals surface area contributed by atoms with Gasteiger partial charge in [-0.15, -0.1) is 0 Å². The zero-order chi connectivity index (χ0) is 24.1. The minimum Gasteiger partial charge on any atom is -0.454 e. The first-order valence-electron chi connectivity index (χ1n) is 10.7. The predicted molar refractivity (Wildman–Crippen MR) is 113 cm³/mol. The van der Waals surface area contributed by atoms with Crippen molar-refractivity contribution in [1.82, 2.24) is 20.1 Å². The Morgan fingerprint density at radius 1 is 1.06 bits per heavy atom. The number of aromatic nitrogens is 1. The van der Waals surface area contributed by atoms with Crippen LogP contribution in [0.15, 0.2) is 36.5 Å². The fourth-order valence-corrected chi connectivity index (χ4v) is 4.29. The van der Waals surface area contributed by atoms with Crippen molar-refractivity contribution in [2.75, 3.05) is 44.5 Å². The van der Waals surface area contributed by atoms with E-state index >= 15 is 0 Å². The molecule has 2 fully saturated rings. The Bertz CT molecular complexity index is 1120. The molecule has 5 rings (SSSR count). The molecule has 2 saturated heterocycles. The number of rotatable bonds is 4. The number of urea groups is 1. The van der Waals surface area contributed by atoms with Gasteiger partial charge in [0.2, 0.25) is 6.79 Å². The standard InChI is InChI=1S/C22H22F3N5O4/c1-21(14-2-4-16-17(10-14)34-13-33-16)19(31)30(20(32)27-21)12-28-6-8-29(9-7-28)18-5-3-15(11-26-18)22(23,24)25/h2-5,10-11H,6-9,12-13H2,1H3,(H,27,32)/t21-/m1/s1. The van der Waals surface area contributed by atoms with Crippen molar-refractivity contribution < 1.29 is 32.2 Å². The smallest absolute Gasteiger partial charge is 0.417 e. The maximum atomic E-state index is 13.2. The van der Waals surface area contributed by atoms with Gasteiger partial charge in [0.05, 0.1) is 12.2 Å². The van der Waals surface area contributed by atoms with E-state index in [4.69, 9.17) is 9.47 Å². The molecule has 0 spiro atoms. The summed E-state index contributed by atoms with van der Waals surface area (Å²) in [7, 11) is 0. The van der Waals surface area contributed by atoms with Crippen molar-refractivity contribution >= 4 is 17.8 Å². The number of benzene rings is 1. The largest absolute Gasteiger partial charge is 0.454 e. The van der Waals surface area contributed by atoms with Crippen molar-refractivity contribution in [1.29, 1.82) is 0 Å². The summed E-state index contributed by atoms with van der Waals surface area (Å²) in [6.07, 6.45) is -3.60. The number of hydrogen-bond donors (Lipinski definition) is 1. The Hall–Kier alpha value is -3.54. The maximum absolute atomic E-state index is 13.2. The fraction of sp³-hybridized carbons (Fsp3) is 0.409. The highest BCUT2D eigenvalue weighted by atomic mass is 19.4. The number of hydrogen-bond acceptors (Lipinski definition) is 7. The Kier molecular flexibility index (Phi) is 5.27. The van der Waals surface area contributed by atoms with Crippen LogP contribution in [0.5, 0.6) is 11.5 Å². The molecular weight excluding hydrogens is 455 g/mol. The van der Waals surface area contributed by atoms with Crippen molar-refractivity contribution in [3.63, 3.8) is 0 Å². The number of carbonyl (C=O) groups is 2. The molecule has 0 bridgehead atoms. The van der Waals surface area contributed by atoms with Crippen LogP contribution < -0.4 is 19.7 Å². The molecule has 1 aromatic carbocycles. The molecule has 1 aromatic heterocycles. The van der Waals surface area contributed by atoms with Crippen LogP contribution in [-0.2, 0) is 16.5 Å². The predicted octanol–water partition coefficient (Wildman–Crippen LogP) is 2.38. The summed E-state index contributed by atoms with van der Waals surface area (Å²) in [5.74, 6) is 1.19. The zero-order valence-corrected chi connectivity index (χ0v) is 18.3. The van der Waals surface area contributed by atoms with E-state index in [2.05, 4.69) is 10.3 Å². The van der Waals surface area contributed by atoms with Gasteiger partial charge < -0.3 is 19.7 Å². The van der Waals surface area contributed by atoms with Crippen LogP contribution in [0.2, 0.25) is 0 Å². The molecule has 34 heavy (non-hydrogen) atoms. The van der Waals surface area contributed by atoms with Gasteiger partial charge in [-0.1, -0.05) is 6.07 Å². The molecule has 9 nitrogen and oxygen atoms in total. The van der Waals surface area contributed by atoms with E-state index in [-0.39, 0.29) is 19.4 Å². The molecule has 2 aromatic rings. The second-order valence-corrected chi connectivity index (χ2v) is 8.51. The minimum atomic E-state index is -4.43. The van der Waals surface area contributed by atoms with Gasteiger partial charge in [-0.25, -0.2) is 14.7 Å². The van der Waals surface area contributed by atoms with Crippen molar-refractivity contribution in [3.05, 3.63) is 47.7 Å². The number of nitrogens with zero attached hydrogens (tertiary/aromatic N) is 4. The highest BCUT2D eigenvalue weighted by Crippen LogP contribution is 2.38. The number of anilines is 1. The van der Waals surface area contributed by atoms with Gasteiger partial charge in [-0.05, 0) is 36.8 Å². The summed E-state index contributed by atoms with van der Waals surface area (Å²) in [4.78, 5) is 34.9. The maximum Gasteiger partial charge on any atom is 0.417 e. The first-order chi connectivity index (χ1) is 16.1. The average molecular weight is 477 g/mol. The molecule has 0 unspecified atom stereocenters. The molecule has 180 valence electrons. The normalized spacial score (nSPS) is 22.9. The second kappa shape index (κ2) is 8.05. The molecule has 0 saturated carbocycles. The van der Waals surface area contributed by atoms with E-state index in [1.165, 1.54) is 11.0 Å². The summed E-state index contributed by atoms with van der Waals surface area (Å²) in [5, 5.41) is 2.78. The summed E-state index contributed by atoms with van der Waals surface area (Å²) in [6.45, 7) is 3.90. The Morgan fingerprint density at radius 3 is 2.47 bits per heavy atom. The molecule has 12 heteroatoms. The SMILES string of the molecule is C[C@]1(c2ccc3c(c2)OCO3)NC(=O)N(CN2CCN(c3ccc(C(F)(F)F)cn3)CC2)C1=O. The molecule has 4 heterocycles. The Morgan fingerprint density at radius 2 is 1.79 bits per heavy atom. The lowest BCUT2D eigenvalue weighted by Crippen LogP contribution is -2.51. The van der Waals surface area contributed by atoms with E-state index in [0.29, 0.717) is 49.1 Å². The Balaban J connectivity index is 1.22. The average Bonchev–Trinajstić information content (AvgIpc) is 3.37. The molecule has 1 N–H and O–H groups in total. The van der Waals surface area contributed by atoms with Crippen LogP contribution in [0, 0.1) is 0 Å². The van der Waals surface area contributed by atoms with Gasteiger partial charge in [-0.2, -0.15) is 13.2 Å². The van der Waals surface area contributed by atoms with Gasteiger partial charge >= 0.3 is 12.2 Å². The highest BCUT2D eigenvalue weighted by molar-refractivity contribution is 6.07. The molecular formula is C22H22F3N5O4. The summed E-state index contributed by atoms with van der Waals surface area (Å²) < 4.78 is 49.0. The van der Waals surface area contributed by atoms with Crippen molar-refractivity contribution in [2.45, 2.75) is 18.6 Å². The minimum absolute atomic E-state index is 0.107. The highest BCUT2D eigenvalue weighted by Gasteiger charge is 2.49. The van der Waals surface area contributed by atoms with Crippen LogP contribution in [0.1, 0.15) is 18.1 Å². The van der Waals surface area contributed by atoms with Gasteiger partial charge in [0, 0.05) is 32.4 Å². The van der Waals surface area contributed by atoms with Crippen LogP contribution in [0.3, 0.4) is 0 Å². The summed E-state index contributed by atoms with van der Waals surface area (Å²) >= 11 is 0. The van der Waals surface area contributed by atoms with Crippen LogP contribution in [-0.4, -0.2) is 66.4 Å². The first kappa shape index (κ1) is 22.3. The van der Waals surface area contributed by atoms with Crippen LogP contribution >= 0.6 is 0 Å². The first-order valence-corrected chi connectivity index (χ1v) is 10.7. The van der Waals surface area contributed by atoms with Gasteiger partial charge in [0.25, 0.3) is 5.91 Å². The van der Waals surface area contributed by atoms with E-state index in [1.54, 1.807) is 25.1 Å². The Labute approximate surface area is 193 Å². The van der Waals surface area contributed by atoms with Crippen LogP contribution in [0.4, 0.5) is 23.8 Å².